The molecule has 4 heterocycles. The fraction of sp³-hybridized carbons (Fsp3) is 0.265. The van der Waals surface area contributed by atoms with E-state index in [9.17, 15) is 9.59 Å². The van der Waals surface area contributed by atoms with Gasteiger partial charge in [0.05, 0.1) is 54.5 Å². The van der Waals surface area contributed by atoms with E-state index in [1.54, 1.807) is 56.9 Å². The maximum atomic E-state index is 13.2. The van der Waals surface area contributed by atoms with E-state index in [1.165, 1.54) is 4.90 Å². The molecule has 1 saturated heterocycles. The number of benzene rings is 3. The summed E-state index contributed by atoms with van der Waals surface area (Å²) in [6.07, 6.45) is 8.53. The van der Waals surface area contributed by atoms with Crippen LogP contribution in [0.5, 0.6) is 11.5 Å². The molecule has 1 atom stereocenters. The number of methoxy groups -OCH3 is 2. The van der Waals surface area contributed by atoms with Crippen LogP contribution in [0.25, 0.3) is 22.3 Å². The fourth-order valence-corrected chi connectivity index (χ4v) is 5.86. The maximum Gasteiger partial charge on any atom is 0.261 e. The third-order valence-corrected chi connectivity index (χ3v) is 8.26. The lowest BCUT2D eigenvalue weighted by molar-refractivity contribution is -0.0394. The van der Waals surface area contributed by atoms with Crippen LogP contribution in [0.15, 0.2) is 79.3 Å². The molecule has 0 N–H and O–H groups in total. The van der Waals surface area contributed by atoms with Gasteiger partial charge in [-0.05, 0) is 49.6 Å². The lowest BCUT2D eigenvalue weighted by Crippen LogP contribution is -2.36. The molecule has 2 amide bonds. The van der Waals surface area contributed by atoms with Gasteiger partial charge < -0.3 is 19.1 Å². The highest BCUT2D eigenvalue weighted by Crippen LogP contribution is 2.35. The van der Waals surface area contributed by atoms with E-state index in [1.807, 2.05) is 46.1 Å². The van der Waals surface area contributed by atoms with Gasteiger partial charge in [-0.3, -0.25) is 19.5 Å². The zero-order valence-electron chi connectivity index (χ0n) is 25.1. The Labute approximate surface area is 260 Å². The van der Waals surface area contributed by atoms with Crippen LogP contribution in [-0.4, -0.2) is 70.4 Å². The first-order valence-corrected chi connectivity index (χ1v) is 14.9. The topological polar surface area (TPSA) is 112 Å². The number of imide groups is 1. The summed E-state index contributed by atoms with van der Waals surface area (Å²) in [6.45, 7) is 1.22. The smallest absolute Gasteiger partial charge is 0.261 e. The van der Waals surface area contributed by atoms with Crippen molar-refractivity contribution in [3.8, 4) is 22.8 Å². The first-order chi connectivity index (χ1) is 22.0. The van der Waals surface area contributed by atoms with Crippen molar-refractivity contribution >= 4 is 34.2 Å². The molecule has 45 heavy (non-hydrogen) atoms. The average Bonchev–Trinajstić information content (AvgIpc) is 3.68. The molecule has 0 spiro atoms. The van der Waals surface area contributed by atoms with Gasteiger partial charge in [-0.1, -0.05) is 12.1 Å². The van der Waals surface area contributed by atoms with Crippen molar-refractivity contribution in [3.05, 3.63) is 90.4 Å². The van der Waals surface area contributed by atoms with Crippen LogP contribution in [0.1, 0.15) is 46.2 Å². The fourth-order valence-electron chi connectivity index (χ4n) is 5.86. The molecule has 1 unspecified atom stereocenters. The molecular weight excluding hydrogens is 572 g/mol. The van der Waals surface area contributed by atoms with Crippen molar-refractivity contribution in [1.29, 1.82) is 0 Å². The highest BCUT2D eigenvalue weighted by atomic mass is 16.5. The second-order valence-corrected chi connectivity index (χ2v) is 11.0. The zero-order valence-corrected chi connectivity index (χ0v) is 25.1. The van der Waals surface area contributed by atoms with E-state index in [4.69, 9.17) is 19.2 Å². The Hall–Kier alpha value is -5.29. The van der Waals surface area contributed by atoms with Gasteiger partial charge in [-0.25, -0.2) is 9.67 Å². The number of amides is 2. The zero-order chi connectivity index (χ0) is 30.9. The number of rotatable bonds is 9. The number of fused-ring (bicyclic) bond motifs is 2. The van der Waals surface area contributed by atoms with E-state index in [0.29, 0.717) is 40.4 Å². The van der Waals surface area contributed by atoms with Gasteiger partial charge >= 0.3 is 0 Å². The highest BCUT2D eigenvalue weighted by molar-refractivity contribution is 6.21. The summed E-state index contributed by atoms with van der Waals surface area (Å²) in [5, 5.41) is 4.54. The Balaban J connectivity index is 1.23. The molecule has 0 aliphatic carbocycles. The first kappa shape index (κ1) is 28.5. The van der Waals surface area contributed by atoms with Crippen molar-refractivity contribution in [2.45, 2.75) is 25.5 Å². The normalized spacial score (nSPS) is 16.2. The van der Waals surface area contributed by atoms with Crippen LogP contribution in [0, 0.1) is 0 Å². The minimum absolute atomic E-state index is 0.0666. The van der Waals surface area contributed by atoms with Crippen LogP contribution in [0.3, 0.4) is 0 Å². The van der Waals surface area contributed by atoms with Gasteiger partial charge in [0.15, 0.2) is 0 Å². The van der Waals surface area contributed by atoms with Crippen molar-refractivity contribution < 1.29 is 23.8 Å². The van der Waals surface area contributed by atoms with E-state index < -0.39 is 0 Å². The van der Waals surface area contributed by atoms with Gasteiger partial charge in [0.2, 0.25) is 0 Å². The van der Waals surface area contributed by atoms with Gasteiger partial charge in [-0.2, -0.15) is 5.10 Å². The molecule has 3 aromatic carbocycles. The molecule has 0 bridgehead atoms. The van der Waals surface area contributed by atoms with E-state index in [0.717, 1.165) is 48.3 Å². The van der Waals surface area contributed by atoms with Gasteiger partial charge in [0.1, 0.15) is 17.7 Å². The SMILES string of the molecule is COc1cc(OC)cc(N(CCN2C(=O)c3ccccc3C2=O)c2ccc3ncc(-c4cnn(C5CCCCO5)c4)nc3c2)c1. The monoisotopic (exact) mass is 604 g/mol. The van der Waals surface area contributed by atoms with Crippen molar-refractivity contribution in [2.75, 3.05) is 38.8 Å². The number of ether oxygens (including phenoxy) is 3. The summed E-state index contributed by atoms with van der Waals surface area (Å²) in [5.74, 6) is 0.618. The molecule has 2 aliphatic heterocycles. The molecule has 11 heteroatoms. The molecule has 11 nitrogen and oxygen atoms in total. The molecule has 228 valence electrons. The van der Waals surface area contributed by atoms with Crippen LogP contribution < -0.4 is 14.4 Å². The predicted molar refractivity (Wildman–Crippen MR) is 168 cm³/mol. The van der Waals surface area contributed by atoms with E-state index >= 15 is 0 Å². The van der Waals surface area contributed by atoms with Crippen LogP contribution in [0.4, 0.5) is 11.4 Å². The number of carbonyl (C=O) groups is 2. The third kappa shape index (κ3) is 5.46. The average molecular weight is 605 g/mol. The number of hydrogen-bond donors (Lipinski definition) is 0. The molecule has 1 fully saturated rings. The van der Waals surface area contributed by atoms with Crippen LogP contribution in [-0.2, 0) is 4.74 Å². The number of hydrogen-bond acceptors (Lipinski definition) is 9. The minimum Gasteiger partial charge on any atom is -0.497 e. The number of aromatic nitrogens is 4. The summed E-state index contributed by atoms with van der Waals surface area (Å²) in [4.78, 5) is 39.2. The van der Waals surface area contributed by atoms with Gasteiger partial charge in [-0.15, -0.1) is 0 Å². The second kappa shape index (κ2) is 12.0. The second-order valence-electron chi connectivity index (χ2n) is 11.0. The summed E-state index contributed by atoms with van der Waals surface area (Å²) < 4.78 is 18.9. The largest absolute Gasteiger partial charge is 0.497 e. The van der Waals surface area contributed by atoms with Crippen molar-refractivity contribution in [1.82, 2.24) is 24.6 Å². The standard InChI is InChI=1S/C34H32N6O5/c1-43-25-15-24(16-26(18-25)44-2)38(12-13-39-33(41)27-7-3-4-8-28(27)34(39)42)23-10-11-29-30(17-23)37-31(20-35-29)22-19-36-40(21-22)32-9-5-6-14-45-32/h3-4,7-8,10-11,15-21,32H,5-6,9,12-14H2,1-2H3. The molecular formula is C34H32N6O5. The summed E-state index contributed by atoms with van der Waals surface area (Å²) in [7, 11) is 3.19. The summed E-state index contributed by atoms with van der Waals surface area (Å²) in [5.41, 5.74) is 5.37. The molecule has 0 saturated carbocycles. The third-order valence-electron chi connectivity index (χ3n) is 8.26. The van der Waals surface area contributed by atoms with Crippen molar-refractivity contribution in [2.24, 2.45) is 0 Å². The Morgan fingerprint density at radius 3 is 2.33 bits per heavy atom. The Morgan fingerprint density at radius 1 is 0.889 bits per heavy atom. The van der Waals surface area contributed by atoms with Gasteiger partial charge in [0.25, 0.3) is 11.8 Å². The number of anilines is 2. The Morgan fingerprint density at radius 2 is 1.64 bits per heavy atom. The molecule has 2 aromatic heterocycles. The van der Waals surface area contributed by atoms with Crippen LogP contribution >= 0.6 is 0 Å². The lowest BCUT2D eigenvalue weighted by Gasteiger charge is -2.28. The Kier molecular flexibility index (Phi) is 7.60. The minimum atomic E-state index is -0.299. The highest BCUT2D eigenvalue weighted by Gasteiger charge is 2.35. The molecule has 5 aromatic rings. The Bertz CT molecular complexity index is 1840. The molecule has 7 rings (SSSR count). The quantitative estimate of drug-likeness (QED) is 0.197. The number of nitrogens with zero attached hydrogens (tertiary/aromatic N) is 6. The first-order valence-electron chi connectivity index (χ1n) is 14.9. The lowest BCUT2D eigenvalue weighted by atomic mass is 10.1. The maximum absolute atomic E-state index is 13.2. The summed E-state index contributed by atoms with van der Waals surface area (Å²) >= 11 is 0. The summed E-state index contributed by atoms with van der Waals surface area (Å²) in [6, 6.07) is 18.3. The predicted octanol–water partition coefficient (Wildman–Crippen LogP) is 5.64. The van der Waals surface area contributed by atoms with E-state index in [2.05, 4.69) is 10.1 Å². The molecule has 0 radical (unpaired) electrons. The molecule has 2 aliphatic rings. The van der Waals surface area contributed by atoms with E-state index in [-0.39, 0.29) is 24.6 Å². The van der Waals surface area contributed by atoms with Gasteiger partial charge in [0, 0.05) is 61.0 Å². The van der Waals surface area contributed by atoms with Crippen molar-refractivity contribution in [3.63, 3.8) is 0 Å². The number of carbonyl (C=O) groups excluding carboxylic acids is 2. The van der Waals surface area contributed by atoms with Crippen LogP contribution in [0.2, 0.25) is 0 Å².